The maximum absolute atomic E-state index is 12.9. The molecule has 0 atom stereocenters. The number of rotatable bonds is 4. The molecule has 0 amide bonds. The highest BCUT2D eigenvalue weighted by Crippen LogP contribution is 2.22. The minimum Gasteiger partial charge on any atom is -0.469 e. The van der Waals surface area contributed by atoms with Crippen LogP contribution in [-0.4, -0.2) is 19.6 Å². The van der Waals surface area contributed by atoms with Crippen LogP contribution >= 0.6 is 11.6 Å². The molecule has 1 rings (SSSR count). The fourth-order valence-electron chi connectivity index (χ4n) is 1.28. The number of nitrogens with one attached hydrogen (secondary N) is 1. The number of hydrogen-bond donors (Lipinski definition) is 1. The number of carbonyl (C=O) groups excluding carboxylic acids is 1. The molecule has 0 heterocycles. The van der Waals surface area contributed by atoms with E-state index in [9.17, 15) is 9.18 Å². The molecule has 0 fully saturated rings. The topological polar surface area (TPSA) is 38.3 Å². The first-order chi connectivity index (χ1) is 7.86. The van der Waals surface area contributed by atoms with Crippen LogP contribution in [0.2, 0.25) is 5.02 Å². The van der Waals surface area contributed by atoms with Gasteiger partial charge in [-0.2, -0.15) is 0 Å². The first-order valence-corrected chi connectivity index (χ1v) is 5.52. The Hall–Kier alpha value is -1.29. The molecule has 0 unspecified atom stereocenters. The molecular weight excluding hydrogens is 245 g/mol. The maximum Gasteiger partial charge on any atom is 0.313 e. The number of hydrogen-bond acceptors (Lipinski definition) is 3. The van der Waals surface area contributed by atoms with Crippen molar-refractivity contribution in [3.8, 4) is 0 Å². The van der Waals surface area contributed by atoms with E-state index in [4.69, 9.17) is 11.6 Å². The monoisotopic (exact) mass is 259 g/mol. The van der Waals surface area contributed by atoms with E-state index in [0.717, 1.165) is 0 Å². The van der Waals surface area contributed by atoms with E-state index in [0.29, 0.717) is 12.2 Å². The highest BCUT2D eigenvalue weighted by Gasteiger charge is 2.28. The highest BCUT2D eigenvalue weighted by atomic mass is 35.5. The minimum atomic E-state index is -0.657. The van der Waals surface area contributed by atoms with Crippen molar-refractivity contribution < 1.29 is 13.9 Å². The summed E-state index contributed by atoms with van der Waals surface area (Å²) >= 11 is 5.65. The predicted octanol–water partition coefficient (Wildman–Crippen LogP) is 3.09. The van der Waals surface area contributed by atoms with Crippen molar-refractivity contribution in [1.29, 1.82) is 0 Å². The van der Waals surface area contributed by atoms with Gasteiger partial charge in [-0.3, -0.25) is 4.79 Å². The predicted molar refractivity (Wildman–Crippen MR) is 65.7 cm³/mol. The lowest BCUT2D eigenvalue weighted by Gasteiger charge is -2.22. The van der Waals surface area contributed by atoms with Gasteiger partial charge in [0.05, 0.1) is 17.5 Å². The SMILES string of the molecule is COC(=O)C(C)(C)CNc1ccc(F)c(Cl)c1. The lowest BCUT2D eigenvalue weighted by atomic mass is 9.93. The number of carbonyl (C=O) groups is 1. The van der Waals surface area contributed by atoms with Gasteiger partial charge in [0, 0.05) is 12.2 Å². The summed E-state index contributed by atoms with van der Waals surface area (Å²) < 4.78 is 17.6. The fraction of sp³-hybridized carbons (Fsp3) is 0.417. The summed E-state index contributed by atoms with van der Waals surface area (Å²) in [5.74, 6) is -0.775. The number of halogens is 2. The Morgan fingerprint density at radius 3 is 2.71 bits per heavy atom. The van der Waals surface area contributed by atoms with Gasteiger partial charge in [0.1, 0.15) is 5.82 Å². The van der Waals surface area contributed by atoms with Gasteiger partial charge in [-0.25, -0.2) is 4.39 Å². The van der Waals surface area contributed by atoms with Crippen LogP contribution in [0.3, 0.4) is 0 Å². The number of esters is 1. The second-order valence-corrected chi connectivity index (χ2v) is 4.77. The Morgan fingerprint density at radius 1 is 1.53 bits per heavy atom. The fourth-order valence-corrected chi connectivity index (χ4v) is 1.46. The Morgan fingerprint density at radius 2 is 2.18 bits per heavy atom. The molecule has 0 aliphatic heterocycles. The van der Waals surface area contributed by atoms with Gasteiger partial charge >= 0.3 is 5.97 Å². The van der Waals surface area contributed by atoms with Crippen molar-refractivity contribution in [2.75, 3.05) is 19.0 Å². The van der Waals surface area contributed by atoms with Crippen molar-refractivity contribution in [1.82, 2.24) is 0 Å². The Bertz CT molecular complexity index is 421. The number of ether oxygens (including phenoxy) is 1. The van der Waals surface area contributed by atoms with Crippen molar-refractivity contribution in [3.63, 3.8) is 0 Å². The molecule has 94 valence electrons. The molecule has 1 N–H and O–H groups in total. The van der Waals surface area contributed by atoms with Gasteiger partial charge in [0.25, 0.3) is 0 Å². The van der Waals surface area contributed by atoms with Gasteiger partial charge in [0.15, 0.2) is 0 Å². The summed E-state index contributed by atoms with van der Waals surface area (Å²) in [5, 5.41) is 3.06. The normalized spacial score (nSPS) is 11.1. The third-order valence-electron chi connectivity index (χ3n) is 2.39. The number of methoxy groups -OCH3 is 1. The minimum absolute atomic E-state index is 0.0471. The Labute approximate surface area is 105 Å². The number of anilines is 1. The molecular formula is C12H15ClFNO2. The second-order valence-electron chi connectivity index (χ2n) is 4.36. The molecule has 0 saturated carbocycles. The van der Waals surface area contributed by atoms with Crippen LogP contribution in [-0.2, 0) is 9.53 Å². The van der Waals surface area contributed by atoms with E-state index in [1.165, 1.54) is 19.2 Å². The zero-order valence-corrected chi connectivity index (χ0v) is 10.8. The van der Waals surface area contributed by atoms with E-state index in [1.807, 2.05) is 0 Å². The highest BCUT2D eigenvalue weighted by molar-refractivity contribution is 6.31. The van der Waals surface area contributed by atoms with Crippen LogP contribution in [0.4, 0.5) is 10.1 Å². The van der Waals surface area contributed by atoms with Gasteiger partial charge in [0.2, 0.25) is 0 Å². The molecule has 0 aliphatic rings. The first kappa shape index (κ1) is 13.8. The summed E-state index contributed by atoms with van der Waals surface area (Å²) in [4.78, 5) is 11.4. The Balaban J connectivity index is 2.67. The molecule has 0 aliphatic carbocycles. The molecule has 1 aromatic carbocycles. The molecule has 0 spiro atoms. The van der Waals surface area contributed by atoms with Crippen molar-refractivity contribution in [2.24, 2.45) is 5.41 Å². The molecule has 5 heteroatoms. The van der Waals surface area contributed by atoms with Crippen LogP contribution in [0.15, 0.2) is 18.2 Å². The largest absolute Gasteiger partial charge is 0.469 e. The zero-order valence-electron chi connectivity index (χ0n) is 10.0. The maximum atomic E-state index is 12.9. The summed E-state index contributed by atoms with van der Waals surface area (Å²) in [7, 11) is 1.35. The van der Waals surface area contributed by atoms with Gasteiger partial charge in [-0.15, -0.1) is 0 Å². The molecule has 0 bridgehead atoms. The third kappa shape index (κ3) is 3.60. The van der Waals surface area contributed by atoms with Crippen LogP contribution < -0.4 is 5.32 Å². The molecule has 0 aromatic heterocycles. The number of benzene rings is 1. The van der Waals surface area contributed by atoms with Gasteiger partial charge in [-0.1, -0.05) is 11.6 Å². The average Bonchev–Trinajstić information content (AvgIpc) is 2.29. The Kier molecular flexibility index (Phi) is 4.34. The standard InChI is InChI=1S/C12H15ClFNO2/c1-12(2,11(16)17-3)7-15-8-4-5-10(14)9(13)6-8/h4-6,15H,7H2,1-3H3. The summed E-state index contributed by atoms with van der Waals surface area (Å²) in [6.45, 7) is 3.90. The third-order valence-corrected chi connectivity index (χ3v) is 2.68. The first-order valence-electron chi connectivity index (χ1n) is 5.14. The summed E-state index contributed by atoms with van der Waals surface area (Å²) in [5.41, 5.74) is 0.00340. The van der Waals surface area contributed by atoms with Gasteiger partial charge in [-0.05, 0) is 32.0 Å². The van der Waals surface area contributed by atoms with E-state index in [-0.39, 0.29) is 11.0 Å². The second kappa shape index (κ2) is 5.36. The summed E-state index contributed by atoms with van der Waals surface area (Å²) in [6, 6.07) is 4.31. The van der Waals surface area contributed by atoms with E-state index < -0.39 is 11.2 Å². The molecule has 17 heavy (non-hydrogen) atoms. The van der Waals surface area contributed by atoms with Crippen LogP contribution in [0, 0.1) is 11.2 Å². The average molecular weight is 260 g/mol. The van der Waals surface area contributed by atoms with Crippen LogP contribution in [0.25, 0.3) is 0 Å². The van der Waals surface area contributed by atoms with Gasteiger partial charge < -0.3 is 10.1 Å². The summed E-state index contributed by atoms with van der Waals surface area (Å²) in [6.07, 6.45) is 0. The molecule has 1 aromatic rings. The molecule has 0 radical (unpaired) electrons. The quantitative estimate of drug-likeness (QED) is 0.845. The van der Waals surface area contributed by atoms with E-state index in [1.54, 1.807) is 19.9 Å². The lowest BCUT2D eigenvalue weighted by molar-refractivity contribution is -0.149. The van der Waals surface area contributed by atoms with Crippen molar-refractivity contribution in [2.45, 2.75) is 13.8 Å². The van der Waals surface area contributed by atoms with Crippen LogP contribution in [0.5, 0.6) is 0 Å². The lowest BCUT2D eigenvalue weighted by Crippen LogP contribution is -2.33. The van der Waals surface area contributed by atoms with Crippen LogP contribution in [0.1, 0.15) is 13.8 Å². The van der Waals surface area contributed by atoms with E-state index in [2.05, 4.69) is 10.1 Å². The molecule has 3 nitrogen and oxygen atoms in total. The molecule has 0 saturated heterocycles. The van der Waals surface area contributed by atoms with Crippen molar-refractivity contribution >= 4 is 23.3 Å². The van der Waals surface area contributed by atoms with Crippen molar-refractivity contribution in [3.05, 3.63) is 29.0 Å². The zero-order chi connectivity index (χ0) is 13.1. The smallest absolute Gasteiger partial charge is 0.313 e. The van der Waals surface area contributed by atoms with E-state index >= 15 is 0 Å².